The van der Waals surface area contributed by atoms with E-state index >= 15 is 0 Å². The third-order valence-electron chi connectivity index (χ3n) is 4.27. The van der Waals surface area contributed by atoms with E-state index < -0.39 is 0 Å². The van der Waals surface area contributed by atoms with Crippen molar-refractivity contribution in [1.82, 2.24) is 25.2 Å². The van der Waals surface area contributed by atoms with E-state index in [1.54, 1.807) is 4.68 Å². The van der Waals surface area contributed by atoms with Crippen LogP contribution < -0.4 is 14.8 Å². The molecule has 8 heteroatoms. The zero-order chi connectivity index (χ0) is 16.5. The van der Waals surface area contributed by atoms with Crippen LogP contribution in [0.4, 0.5) is 0 Å². The Kier molecular flexibility index (Phi) is 3.81. The molecule has 0 radical (unpaired) electrons. The maximum Gasteiger partial charge on any atom is 0.276 e. The van der Waals surface area contributed by atoms with Crippen molar-refractivity contribution in [1.29, 1.82) is 0 Å². The van der Waals surface area contributed by atoms with Gasteiger partial charge in [0.15, 0.2) is 17.2 Å². The van der Waals surface area contributed by atoms with Gasteiger partial charge in [-0.05, 0) is 19.1 Å². The van der Waals surface area contributed by atoms with Crippen molar-refractivity contribution < 1.29 is 14.3 Å². The molecule has 8 nitrogen and oxygen atoms in total. The molecule has 0 atom stereocenters. The number of fused-ring (bicyclic) bond motifs is 1. The highest BCUT2D eigenvalue weighted by Crippen LogP contribution is 2.32. The Morgan fingerprint density at radius 2 is 1.92 bits per heavy atom. The van der Waals surface area contributed by atoms with E-state index in [2.05, 4.69) is 15.6 Å². The van der Waals surface area contributed by atoms with Crippen molar-refractivity contribution >= 4 is 5.91 Å². The average Bonchev–Trinajstić information content (AvgIpc) is 3.03. The zero-order valence-corrected chi connectivity index (χ0v) is 13.5. The second kappa shape index (κ2) is 6.12. The molecule has 4 rings (SSSR count). The highest BCUT2D eigenvalue weighted by Gasteiger charge is 2.24. The van der Waals surface area contributed by atoms with Crippen molar-refractivity contribution in [3.63, 3.8) is 0 Å². The number of piperazine rings is 1. The fourth-order valence-corrected chi connectivity index (χ4v) is 2.95. The number of carbonyl (C=O) groups is 1. The SMILES string of the molecule is Cc1c(C(=O)N2CCNCC2)nnn1-c1ccc2c(c1)OCCO2. The number of amides is 1. The van der Waals surface area contributed by atoms with E-state index in [4.69, 9.17) is 9.47 Å². The summed E-state index contributed by atoms with van der Waals surface area (Å²) in [5.41, 5.74) is 1.91. The van der Waals surface area contributed by atoms with E-state index in [9.17, 15) is 4.79 Å². The Bertz CT molecular complexity index is 767. The van der Waals surface area contributed by atoms with Crippen molar-refractivity contribution in [2.24, 2.45) is 0 Å². The summed E-state index contributed by atoms with van der Waals surface area (Å²) in [7, 11) is 0. The fraction of sp³-hybridized carbons (Fsp3) is 0.438. The van der Waals surface area contributed by atoms with Crippen LogP contribution in [0.25, 0.3) is 5.69 Å². The van der Waals surface area contributed by atoms with Gasteiger partial charge in [-0.15, -0.1) is 5.10 Å². The monoisotopic (exact) mass is 329 g/mol. The molecule has 1 aromatic carbocycles. The van der Waals surface area contributed by atoms with Gasteiger partial charge in [0, 0.05) is 32.2 Å². The van der Waals surface area contributed by atoms with Crippen molar-refractivity contribution in [2.75, 3.05) is 39.4 Å². The first-order valence-corrected chi connectivity index (χ1v) is 8.06. The number of carbonyl (C=O) groups excluding carboxylic acids is 1. The lowest BCUT2D eigenvalue weighted by Gasteiger charge is -2.26. The highest BCUT2D eigenvalue weighted by atomic mass is 16.6. The number of ether oxygens (including phenoxy) is 2. The maximum atomic E-state index is 12.6. The summed E-state index contributed by atoms with van der Waals surface area (Å²) >= 11 is 0. The van der Waals surface area contributed by atoms with E-state index in [-0.39, 0.29) is 5.91 Å². The molecule has 1 saturated heterocycles. The van der Waals surface area contributed by atoms with E-state index in [0.29, 0.717) is 37.7 Å². The predicted molar refractivity (Wildman–Crippen MR) is 85.9 cm³/mol. The molecular weight excluding hydrogens is 310 g/mol. The lowest BCUT2D eigenvalue weighted by molar-refractivity contribution is 0.0729. The van der Waals surface area contributed by atoms with Gasteiger partial charge in [-0.1, -0.05) is 5.21 Å². The second-order valence-electron chi connectivity index (χ2n) is 5.81. The molecule has 0 spiro atoms. The van der Waals surface area contributed by atoms with Crippen molar-refractivity contribution in [2.45, 2.75) is 6.92 Å². The van der Waals surface area contributed by atoms with Crippen LogP contribution in [-0.4, -0.2) is 65.2 Å². The number of rotatable bonds is 2. The van der Waals surface area contributed by atoms with Gasteiger partial charge in [0.1, 0.15) is 13.2 Å². The first-order valence-electron chi connectivity index (χ1n) is 8.06. The van der Waals surface area contributed by atoms with Gasteiger partial charge < -0.3 is 19.7 Å². The molecule has 1 aromatic heterocycles. The molecule has 0 unspecified atom stereocenters. The van der Waals surface area contributed by atoms with Gasteiger partial charge in [-0.25, -0.2) is 4.68 Å². The van der Waals surface area contributed by atoms with Crippen LogP contribution >= 0.6 is 0 Å². The number of benzene rings is 1. The third-order valence-corrected chi connectivity index (χ3v) is 4.27. The molecule has 1 N–H and O–H groups in total. The Hall–Kier alpha value is -2.61. The van der Waals surface area contributed by atoms with Crippen LogP contribution in [0.1, 0.15) is 16.2 Å². The largest absolute Gasteiger partial charge is 0.486 e. The van der Waals surface area contributed by atoms with Crippen molar-refractivity contribution in [3.05, 3.63) is 29.6 Å². The second-order valence-corrected chi connectivity index (χ2v) is 5.81. The summed E-state index contributed by atoms with van der Waals surface area (Å²) in [6.45, 7) is 5.93. The number of nitrogens with zero attached hydrogens (tertiary/aromatic N) is 4. The smallest absolute Gasteiger partial charge is 0.276 e. The molecule has 0 bridgehead atoms. The number of hydrogen-bond acceptors (Lipinski definition) is 6. The molecule has 2 aromatic rings. The Balaban J connectivity index is 1.63. The van der Waals surface area contributed by atoms with Crippen LogP contribution in [0.5, 0.6) is 11.5 Å². The van der Waals surface area contributed by atoms with Crippen LogP contribution in [0.15, 0.2) is 18.2 Å². The molecule has 24 heavy (non-hydrogen) atoms. The minimum atomic E-state index is -0.0715. The fourth-order valence-electron chi connectivity index (χ4n) is 2.95. The number of aromatic nitrogens is 3. The average molecular weight is 329 g/mol. The van der Waals surface area contributed by atoms with Crippen molar-refractivity contribution in [3.8, 4) is 17.2 Å². The molecule has 0 saturated carbocycles. The van der Waals surface area contributed by atoms with Crippen LogP contribution in [-0.2, 0) is 0 Å². The zero-order valence-electron chi connectivity index (χ0n) is 13.5. The number of hydrogen-bond donors (Lipinski definition) is 1. The summed E-state index contributed by atoms with van der Waals surface area (Å²) in [5, 5.41) is 11.5. The quantitative estimate of drug-likeness (QED) is 0.858. The van der Waals surface area contributed by atoms with E-state index in [1.165, 1.54) is 0 Å². The van der Waals surface area contributed by atoms with E-state index in [1.807, 2.05) is 30.0 Å². The predicted octanol–water partition coefficient (Wildman–Crippen LogP) is 0.392. The molecular formula is C16H19N5O3. The first kappa shape index (κ1) is 14.9. The van der Waals surface area contributed by atoms with Crippen LogP contribution in [0.3, 0.4) is 0 Å². The lowest BCUT2D eigenvalue weighted by Crippen LogP contribution is -2.46. The minimum Gasteiger partial charge on any atom is -0.486 e. The lowest BCUT2D eigenvalue weighted by atomic mass is 10.2. The highest BCUT2D eigenvalue weighted by molar-refractivity contribution is 5.93. The minimum absolute atomic E-state index is 0.0715. The molecule has 2 aliphatic rings. The topological polar surface area (TPSA) is 81.5 Å². The third kappa shape index (κ3) is 2.58. The summed E-state index contributed by atoms with van der Waals surface area (Å²) in [5.74, 6) is 1.33. The van der Waals surface area contributed by atoms with Crippen LogP contribution in [0, 0.1) is 6.92 Å². The first-order chi connectivity index (χ1) is 11.7. The summed E-state index contributed by atoms with van der Waals surface area (Å²) in [4.78, 5) is 14.4. The van der Waals surface area contributed by atoms with Gasteiger partial charge in [0.2, 0.25) is 0 Å². The number of nitrogens with one attached hydrogen (secondary N) is 1. The molecule has 126 valence electrons. The molecule has 2 aliphatic heterocycles. The molecule has 1 fully saturated rings. The van der Waals surface area contributed by atoms with Gasteiger partial charge in [0.25, 0.3) is 5.91 Å². The summed E-state index contributed by atoms with van der Waals surface area (Å²) < 4.78 is 12.8. The summed E-state index contributed by atoms with van der Waals surface area (Å²) in [6, 6.07) is 5.59. The van der Waals surface area contributed by atoms with Gasteiger partial charge >= 0.3 is 0 Å². The normalized spacial score (nSPS) is 17.0. The maximum absolute atomic E-state index is 12.6. The molecule has 1 amide bonds. The Morgan fingerprint density at radius 3 is 2.71 bits per heavy atom. The van der Waals surface area contributed by atoms with E-state index in [0.717, 1.165) is 30.2 Å². The Labute approximate surface area is 139 Å². The summed E-state index contributed by atoms with van der Waals surface area (Å²) in [6.07, 6.45) is 0. The molecule has 3 heterocycles. The van der Waals surface area contributed by atoms with Gasteiger partial charge in [-0.3, -0.25) is 4.79 Å². The van der Waals surface area contributed by atoms with Gasteiger partial charge in [0.05, 0.1) is 11.4 Å². The Morgan fingerprint density at radius 1 is 1.17 bits per heavy atom. The molecule has 0 aliphatic carbocycles. The van der Waals surface area contributed by atoms with Gasteiger partial charge in [-0.2, -0.15) is 0 Å². The van der Waals surface area contributed by atoms with Crippen LogP contribution in [0.2, 0.25) is 0 Å². The standard InChI is InChI=1S/C16H19N5O3/c1-11-15(16(22)20-6-4-17-5-7-20)18-19-21(11)12-2-3-13-14(10-12)24-9-8-23-13/h2-3,10,17H,4-9H2,1H3.